The molecule has 0 aromatic rings. The SMILES string of the molecule is C1CCCC1.C=CC.CC.CC. The van der Waals surface area contributed by atoms with Crippen molar-refractivity contribution in [3.05, 3.63) is 12.7 Å². The zero-order chi connectivity index (χ0) is 10.2. The van der Waals surface area contributed by atoms with Crippen LogP contribution in [0.15, 0.2) is 12.7 Å². The molecule has 0 nitrogen and oxygen atoms in total. The Labute approximate surface area is 80.1 Å². The van der Waals surface area contributed by atoms with Gasteiger partial charge in [0.15, 0.2) is 0 Å². The van der Waals surface area contributed by atoms with Crippen LogP contribution in [0.3, 0.4) is 0 Å². The first kappa shape index (κ1) is 17.7. The van der Waals surface area contributed by atoms with Crippen LogP contribution in [0.4, 0.5) is 0 Å². The summed E-state index contributed by atoms with van der Waals surface area (Å²) in [6.07, 6.45) is 9.25. The van der Waals surface area contributed by atoms with Gasteiger partial charge >= 0.3 is 0 Å². The summed E-state index contributed by atoms with van der Waals surface area (Å²) in [7, 11) is 0. The molecule has 0 N–H and O–H groups in total. The first-order chi connectivity index (χ1) is 5.91. The molecule has 0 heterocycles. The van der Waals surface area contributed by atoms with Crippen molar-refractivity contribution in [3.63, 3.8) is 0 Å². The van der Waals surface area contributed by atoms with Crippen LogP contribution in [-0.2, 0) is 0 Å². The van der Waals surface area contributed by atoms with Gasteiger partial charge in [-0.3, -0.25) is 0 Å². The Morgan fingerprint density at radius 2 is 0.833 bits per heavy atom. The summed E-state index contributed by atoms with van der Waals surface area (Å²) in [5, 5.41) is 0. The van der Waals surface area contributed by atoms with E-state index in [9.17, 15) is 0 Å². The Balaban J connectivity index is -0.000000102. The Morgan fingerprint density at radius 3 is 0.917 bits per heavy atom. The van der Waals surface area contributed by atoms with Crippen molar-refractivity contribution < 1.29 is 0 Å². The van der Waals surface area contributed by atoms with Gasteiger partial charge in [-0.2, -0.15) is 0 Å². The second-order valence-electron chi connectivity index (χ2n) is 2.18. The van der Waals surface area contributed by atoms with Crippen LogP contribution in [0.25, 0.3) is 0 Å². The monoisotopic (exact) mass is 172 g/mol. The van der Waals surface area contributed by atoms with E-state index in [0.29, 0.717) is 0 Å². The maximum atomic E-state index is 3.36. The lowest BCUT2D eigenvalue weighted by molar-refractivity contribution is 0.886. The highest BCUT2D eigenvalue weighted by atomic mass is 14.0. The minimum absolute atomic E-state index is 1.50. The first-order valence-electron chi connectivity index (χ1n) is 5.49. The van der Waals surface area contributed by atoms with Crippen molar-refractivity contribution in [2.24, 2.45) is 0 Å². The smallest absolute Gasteiger partial charge is 0.0473 e. The molecule has 1 fully saturated rings. The van der Waals surface area contributed by atoms with Gasteiger partial charge in [0, 0.05) is 0 Å². The molecule has 1 aliphatic carbocycles. The molecule has 0 saturated heterocycles. The number of allylic oxidation sites excluding steroid dienone is 1. The zero-order valence-electron chi connectivity index (χ0n) is 9.82. The van der Waals surface area contributed by atoms with Crippen molar-refractivity contribution in [1.29, 1.82) is 0 Å². The molecule has 0 spiro atoms. The normalized spacial score (nSPS) is 12.1. The van der Waals surface area contributed by atoms with Gasteiger partial charge in [-0.05, 0) is 6.92 Å². The molecule has 76 valence electrons. The molecule has 12 heavy (non-hydrogen) atoms. The quantitative estimate of drug-likeness (QED) is 0.441. The predicted molar refractivity (Wildman–Crippen MR) is 61.7 cm³/mol. The summed E-state index contributed by atoms with van der Waals surface area (Å²) in [6, 6.07) is 0. The second-order valence-corrected chi connectivity index (χ2v) is 2.18. The summed E-state index contributed by atoms with van der Waals surface area (Å²) >= 11 is 0. The summed E-state index contributed by atoms with van der Waals surface area (Å²) in [6.45, 7) is 13.2. The molecule has 0 aromatic heterocycles. The summed E-state index contributed by atoms with van der Waals surface area (Å²) in [4.78, 5) is 0. The number of hydrogen-bond acceptors (Lipinski definition) is 0. The summed E-state index contributed by atoms with van der Waals surface area (Å²) in [5.41, 5.74) is 0. The van der Waals surface area contributed by atoms with E-state index in [0.717, 1.165) is 0 Å². The fourth-order valence-electron chi connectivity index (χ4n) is 0.884. The van der Waals surface area contributed by atoms with Crippen LogP contribution < -0.4 is 0 Å². The van der Waals surface area contributed by atoms with Crippen molar-refractivity contribution in [3.8, 4) is 0 Å². The van der Waals surface area contributed by atoms with Crippen LogP contribution in [0.1, 0.15) is 66.7 Å². The average molecular weight is 172 g/mol. The third kappa shape index (κ3) is 33.1. The van der Waals surface area contributed by atoms with Crippen molar-refractivity contribution in [2.45, 2.75) is 66.7 Å². The molecule has 0 amide bonds. The van der Waals surface area contributed by atoms with E-state index in [1.54, 1.807) is 6.08 Å². The van der Waals surface area contributed by atoms with E-state index in [4.69, 9.17) is 0 Å². The molecular formula is C12H28. The van der Waals surface area contributed by atoms with E-state index in [1.807, 2.05) is 34.6 Å². The van der Waals surface area contributed by atoms with E-state index in [1.165, 1.54) is 32.1 Å². The Kier molecular flexibility index (Phi) is 45.7. The Morgan fingerprint density at radius 1 is 0.750 bits per heavy atom. The van der Waals surface area contributed by atoms with Gasteiger partial charge in [-0.15, -0.1) is 6.58 Å². The van der Waals surface area contributed by atoms with Crippen molar-refractivity contribution in [1.82, 2.24) is 0 Å². The van der Waals surface area contributed by atoms with Gasteiger partial charge < -0.3 is 0 Å². The molecule has 1 aliphatic rings. The zero-order valence-corrected chi connectivity index (χ0v) is 9.82. The predicted octanol–water partition coefficient (Wildman–Crippen LogP) is 5.20. The Bertz CT molecular complexity index is 34.4. The highest BCUT2D eigenvalue weighted by Crippen LogP contribution is 2.15. The lowest BCUT2D eigenvalue weighted by atomic mass is 10.4. The molecule has 0 radical (unpaired) electrons. The third-order valence-corrected chi connectivity index (χ3v) is 1.25. The third-order valence-electron chi connectivity index (χ3n) is 1.25. The van der Waals surface area contributed by atoms with Gasteiger partial charge in [0.05, 0.1) is 0 Å². The minimum Gasteiger partial charge on any atom is -0.103 e. The fourth-order valence-corrected chi connectivity index (χ4v) is 0.884. The lowest BCUT2D eigenvalue weighted by Crippen LogP contribution is -1.47. The fraction of sp³-hybridized carbons (Fsp3) is 0.833. The van der Waals surface area contributed by atoms with E-state index < -0.39 is 0 Å². The van der Waals surface area contributed by atoms with Gasteiger partial charge in [0.2, 0.25) is 0 Å². The topological polar surface area (TPSA) is 0 Å². The van der Waals surface area contributed by atoms with Gasteiger partial charge in [0.1, 0.15) is 0 Å². The molecule has 0 bridgehead atoms. The average Bonchev–Trinajstić information content (AvgIpc) is 2.69. The highest BCUT2D eigenvalue weighted by Gasteiger charge is 1.95. The van der Waals surface area contributed by atoms with Gasteiger partial charge in [-0.1, -0.05) is 65.9 Å². The molecule has 0 heteroatoms. The largest absolute Gasteiger partial charge is 0.103 e. The summed E-state index contributed by atoms with van der Waals surface area (Å²) < 4.78 is 0. The number of hydrogen-bond donors (Lipinski definition) is 0. The minimum atomic E-state index is 1.50. The van der Waals surface area contributed by atoms with E-state index in [-0.39, 0.29) is 0 Å². The first-order valence-corrected chi connectivity index (χ1v) is 5.49. The molecule has 0 aliphatic heterocycles. The molecule has 0 atom stereocenters. The van der Waals surface area contributed by atoms with Crippen molar-refractivity contribution in [2.75, 3.05) is 0 Å². The molecule has 1 saturated carbocycles. The van der Waals surface area contributed by atoms with Crippen LogP contribution in [0.5, 0.6) is 0 Å². The molecule has 0 unspecified atom stereocenters. The van der Waals surface area contributed by atoms with Gasteiger partial charge in [0.25, 0.3) is 0 Å². The van der Waals surface area contributed by atoms with Crippen LogP contribution in [0.2, 0.25) is 0 Å². The van der Waals surface area contributed by atoms with Crippen molar-refractivity contribution >= 4 is 0 Å². The molecular weight excluding hydrogens is 144 g/mol. The Hall–Kier alpha value is -0.260. The van der Waals surface area contributed by atoms with Crippen LogP contribution in [-0.4, -0.2) is 0 Å². The maximum absolute atomic E-state index is 3.36. The standard InChI is InChI=1S/C5H10.C3H6.2C2H6/c1-2-4-5-3-1;1-3-2;2*1-2/h1-5H2;3H,1H2,2H3;2*1-2H3. The second kappa shape index (κ2) is 30.9. The van der Waals surface area contributed by atoms with E-state index >= 15 is 0 Å². The molecule has 1 rings (SSSR count). The van der Waals surface area contributed by atoms with Crippen LogP contribution >= 0.6 is 0 Å². The maximum Gasteiger partial charge on any atom is -0.0473 e. The van der Waals surface area contributed by atoms with E-state index in [2.05, 4.69) is 6.58 Å². The summed E-state index contributed by atoms with van der Waals surface area (Å²) in [5.74, 6) is 0. The highest BCUT2D eigenvalue weighted by molar-refractivity contribution is 4.51. The molecule has 0 aromatic carbocycles. The number of rotatable bonds is 0. The van der Waals surface area contributed by atoms with Crippen LogP contribution in [0, 0.1) is 0 Å². The lowest BCUT2D eigenvalue weighted by Gasteiger charge is -1.67. The van der Waals surface area contributed by atoms with Gasteiger partial charge in [-0.25, -0.2) is 0 Å².